The van der Waals surface area contributed by atoms with Gasteiger partial charge in [-0.15, -0.1) is 0 Å². The van der Waals surface area contributed by atoms with Crippen LogP contribution in [0.4, 0.5) is 0 Å². The Morgan fingerprint density at radius 1 is 1.25 bits per heavy atom. The van der Waals surface area contributed by atoms with Gasteiger partial charge in [-0.25, -0.2) is 0 Å². The number of rotatable bonds is 6. The van der Waals surface area contributed by atoms with Crippen LogP contribution >= 0.6 is 0 Å². The summed E-state index contributed by atoms with van der Waals surface area (Å²) in [6, 6.07) is 10.1. The summed E-state index contributed by atoms with van der Waals surface area (Å²) in [5.41, 5.74) is 1.02. The summed E-state index contributed by atoms with van der Waals surface area (Å²) >= 11 is 0. The molecule has 1 aliphatic heterocycles. The molecular formula is C19H27N3O2. The van der Waals surface area contributed by atoms with Crippen molar-refractivity contribution in [1.29, 1.82) is 0 Å². The first-order valence-electron chi connectivity index (χ1n) is 8.98. The molecule has 1 saturated heterocycles. The molecule has 2 atom stereocenters. The molecule has 1 aliphatic rings. The van der Waals surface area contributed by atoms with Gasteiger partial charge in [0.15, 0.2) is 5.82 Å². The smallest absolute Gasteiger partial charge is 0.243 e. The van der Waals surface area contributed by atoms with Crippen LogP contribution < -0.4 is 0 Å². The van der Waals surface area contributed by atoms with E-state index in [2.05, 4.69) is 28.9 Å². The topological polar surface area (TPSA) is 62.4 Å². The van der Waals surface area contributed by atoms with Gasteiger partial charge >= 0.3 is 0 Å². The molecule has 3 rings (SSSR count). The van der Waals surface area contributed by atoms with Gasteiger partial charge in [0.05, 0.1) is 12.1 Å². The van der Waals surface area contributed by atoms with Crippen LogP contribution in [-0.2, 0) is 6.42 Å². The summed E-state index contributed by atoms with van der Waals surface area (Å²) in [5.74, 6) is 1.82. The van der Waals surface area contributed by atoms with Crippen LogP contribution in [0.3, 0.4) is 0 Å². The Kier molecular flexibility index (Phi) is 5.63. The molecule has 5 nitrogen and oxygen atoms in total. The highest BCUT2D eigenvalue weighted by Gasteiger charge is 2.30. The van der Waals surface area contributed by atoms with Crippen molar-refractivity contribution >= 4 is 0 Å². The summed E-state index contributed by atoms with van der Waals surface area (Å²) in [4.78, 5) is 6.88. The van der Waals surface area contributed by atoms with Gasteiger partial charge < -0.3 is 9.63 Å². The lowest BCUT2D eigenvalue weighted by Crippen LogP contribution is -2.37. The maximum atomic E-state index is 10.6. The number of likely N-dealkylation sites (tertiary alicyclic amines) is 1. The van der Waals surface area contributed by atoms with E-state index < -0.39 is 0 Å². The minimum absolute atomic E-state index is 0.137. The zero-order chi connectivity index (χ0) is 16.9. The lowest BCUT2D eigenvalue weighted by atomic mass is 9.87. The van der Waals surface area contributed by atoms with Crippen molar-refractivity contribution in [3.05, 3.63) is 47.6 Å². The molecule has 1 fully saturated rings. The number of aromatic nitrogens is 2. The quantitative estimate of drug-likeness (QED) is 0.878. The highest BCUT2D eigenvalue weighted by molar-refractivity contribution is 5.18. The first-order valence-corrected chi connectivity index (χ1v) is 8.98. The fourth-order valence-corrected chi connectivity index (χ4v) is 3.46. The second-order valence-electron chi connectivity index (χ2n) is 6.70. The van der Waals surface area contributed by atoms with E-state index in [4.69, 9.17) is 4.52 Å². The first kappa shape index (κ1) is 17.1. The number of nitrogens with zero attached hydrogens (tertiary/aromatic N) is 3. The number of aryl methyl sites for hydroxylation is 1. The summed E-state index contributed by atoms with van der Waals surface area (Å²) in [6.45, 7) is 6.13. The van der Waals surface area contributed by atoms with E-state index in [9.17, 15) is 5.11 Å². The van der Waals surface area contributed by atoms with Gasteiger partial charge in [0.2, 0.25) is 5.89 Å². The predicted molar refractivity (Wildman–Crippen MR) is 92.4 cm³/mol. The average Bonchev–Trinajstić information content (AvgIpc) is 3.10. The lowest BCUT2D eigenvalue weighted by Gasteiger charge is -2.36. The van der Waals surface area contributed by atoms with Gasteiger partial charge in [-0.3, -0.25) is 4.90 Å². The van der Waals surface area contributed by atoms with E-state index in [0.29, 0.717) is 11.8 Å². The van der Waals surface area contributed by atoms with Crippen molar-refractivity contribution < 1.29 is 9.63 Å². The van der Waals surface area contributed by atoms with Crippen molar-refractivity contribution in [1.82, 2.24) is 15.0 Å². The SMILES string of the molecule is CCCc1noc([C@H](C)N2CCC([C@@H](O)c3ccccc3)CC2)n1. The van der Waals surface area contributed by atoms with E-state index in [0.717, 1.165) is 50.2 Å². The molecule has 0 spiro atoms. The number of aliphatic hydroxyl groups is 1. The van der Waals surface area contributed by atoms with Gasteiger partial charge in [0.1, 0.15) is 0 Å². The highest BCUT2D eigenvalue weighted by Crippen LogP contribution is 2.33. The molecule has 0 unspecified atom stereocenters. The molecule has 1 aromatic heterocycles. The number of aliphatic hydroxyl groups excluding tert-OH is 1. The molecule has 2 aromatic rings. The fraction of sp³-hybridized carbons (Fsp3) is 0.579. The Hall–Kier alpha value is -1.72. The lowest BCUT2D eigenvalue weighted by molar-refractivity contribution is 0.0420. The maximum absolute atomic E-state index is 10.6. The van der Waals surface area contributed by atoms with Crippen molar-refractivity contribution in [3.63, 3.8) is 0 Å². The molecule has 1 aromatic carbocycles. The largest absolute Gasteiger partial charge is 0.388 e. The molecule has 2 heterocycles. The molecular weight excluding hydrogens is 302 g/mol. The number of hydrogen-bond acceptors (Lipinski definition) is 5. The van der Waals surface area contributed by atoms with Crippen LogP contribution in [0.15, 0.2) is 34.9 Å². The van der Waals surface area contributed by atoms with Crippen LogP contribution in [0.2, 0.25) is 0 Å². The fourth-order valence-electron chi connectivity index (χ4n) is 3.46. The van der Waals surface area contributed by atoms with Crippen molar-refractivity contribution in [2.45, 2.75) is 51.7 Å². The normalized spacial score (nSPS) is 19.3. The van der Waals surface area contributed by atoms with Gasteiger partial charge in [-0.05, 0) is 50.8 Å². The van der Waals surface area contributed by atoms with E-state index in [-0.39, 0.29) is 12.1 Å². The molecule has 0 amide bonds. The maximum Gasteiger partial charge on any atom is 0.243 e. The standard InChI is InChI=1S/C19H27N3O2/c1-3-7-17-20-19(24-21-17)14(2)22-12-10-16(11-13-22)18(23)15-8-5-4-6-9-15/h4-6,8-9,14,16,18,23H,3,7,10-13H2,1-2H3/t14-,18-/m0/s1. The number of hydrogen-bond donors (Lipinski definition) is 1. The zero-order valence-electron chi connectivity index (χ0n) is 14.6. The van der Waals surface area contributed by atoms with Crippen LogP contribution in [0.25, 0.3) is 0 Å². The third-order valence-electron chi connectivity index (χ3n) is 5.02. The van der Waals surface area contributed by atoms with Crippen LogP contribution in [0.1, 0.15) is 62.5 Å². The summed E-state index contributed by atoms with van der Waals surface area (Å²) in [7, 11) is 0. The van der Waals surface area contributed by atoms with Crippen LogP contribution in [0, 0.1) is 5.92 Å². The summed E-state index contributed by atoms with van der Waals surface area (Å²) in [6.07, 6.45) is 3.48. The van der Waals surface area contributed by atoms with Gasteiger partial charge in [-0.2, -0.15) is 4.98 Å². The first-order chi connectivity index (χ1) is 11.7. The van der Waals surface area contributed by atoms with E-state index >= 15 is 0 Å². The van der Waals surface area contributed by atoms with E-state index in [1.165, 1.54) is 0 Å². The van der Waals surface area contributed by atoms with E-state index in [1.54, 1.807) is 0 Å². The van der Waals surface area contributed by atoms with Crippen molar-refractivity contribution in [3.8, 4) is 0 Å². The highest BCUT2D eigenvalue weighted by atomic mass is 16.5. The minimum atomic E-state index is -0.372. The molecule has 0 saturated carbocycles. The number of benzene rings is 1. The van der Waals surface area contributed by atoms with Gasteiger partial charge in [0, 0.05) is 6.42 Å². The summed E-state index contributed by atoms with van der Waals surface area (Å²) < 4.78 is 5.42. The van der Waals surface area contributed by atoms with E-state index in [1.807, 2.05) is 30.3 Å². The molecule has 24 heavy (non-hydrogen) atoms. The third-order valence-corrected chi connectivity index (χ3v) is 5.02. The second kappa shape index (κ2) is 7.90. The Morgan fingerprint density at radius 3 is 2.62 bits per heavy atom. The molecule has 1 N–H and O–H groups in total. The Balaban J connectivity index is 1.56. The number of piperidine rings is 1. The Morgan fingerprint density at radius 2 is 1.96 bits per heavy atom. The molecule has 0 radical (unpaired) electrons. The molecule has 0 aliphatic carbocycles. The van der Waals surface area contributed by atoms with Crippen LogP contribution in [-0.4, -0.2) is 33.2 Å². The average molecular weight is 329 g/mol. The molecule has 0 bridgehead atoms. The minimum Gasteiger partial charge on any atom is -0.388 e. The predicted octanol–water partition coefficient (Wildman–Crippen LogP) is 3.53. The zero-order valence-corrected chi connectivity index (χ0v) is 14.6. The monoisotopic (exact) mass is 329 g/mol. The van der Waals surface area contributed by atoms with Gasteiger partial charge in [-0.1, -0.05) is 42.4 Å². The van der Waals surface area contributed by atoms with Gasteiger partial charge in [0.25, 0.3) is 0 Å². The van der Waals surface area contributed by atoms with Crippen molar-refractivity contribution in [2.24, 2.45) is 5.92 Å². The Bertz CT molecular complexity index is 621. The van der Waals surface area contributed by atoms with Crippen molar-refractivity contribution in [2.75, 3.05) is 13.1 Å². The third kappa shape index (κ3) is 3.84. The van der Waals surface area contributed by atoms with Crippen LogP contribution in [0.5, 0.6) is 0 Å². The summed E-state index contributed by atoms with van der Waals surface area (Å²) in [5, 5.41) is 14.6. The molecule has 5 heteroatoms. The Labute approximate surface area is 143 Å². The second-order valence-corrected chi connectivity index (χ2v) is 6.70. The molecule has 130 valence electrons.